The molecule has 1 unspecified atom stereocenters. The Balaban J connectivity index is 1.96. The SMILES string of the molecule is CCCCC(CC)Oc1ccc(N=Cc2ccc(C(=O)O)cc2)cc1. The molecule has 2 aromatic carbocycles. The standard InChI is InChI=1S/C21H25NO3/c1-3-5-6-19(4-2)25-20-13-11-18(12-14-20)22-15-16-7-9-17(10-8-16)21(23)24/h7-15,19H,3-6H2,1-2H3,(H,23,24). The van der Waals surface area contributed by atoms with E-state index in [2.05, 4.69) is 18.8 Å². The topological polar surface area (TPSA) is 58.9 Å². The molecule has 0 aromatic heterocycles. The third-order valence-electron chi connectivity index (χ3n) is 3.99. The second-order valence-corrected chi connectivity index (χ2v) is 5.97. The third kappa shape index (κ3) is 6.07. The van der Waals surface area contributed by atoms with E-state index in [0.29, 0.717) is 0 Å². The van der Waals surface area contributed by atoms with Crippen LogP contribution >= 0.6 is 0 Å². The lowest BCUT2D eigenvalue weighted by Gasteiger charge is -2.17. The monoisotopic (exact) mass is 339 g/mol. The van der Waals surface area contributed by atoms with Crippen LogP contribution in [0.4, 0.5) is 5.69 Å². The maximum Gasteiger partial charge on any atom is 0.335 e. The van der Waals surface area contributed by atoms with Crippen LogP contribution in [0.3, 0.4) is 0 Å². The Morgan fingerprint density at radius 3 is 2.36 bits per heavy atom. The predicted octanol–water partition coefficient (Wildman–Crippen LogP) is 5.48. The Bertz CT molecular complexity index is 690. The van der Waals surface area contributed by atoms with Crippen molar-refractivity contribution in [3.63, 3.8) is 0 Å². The third-order valence-corrected chi connectivity index (χ3v) is 3.99. The smallest absolute Gasteiger partial charge is 0.335 e. The number of carbonyl (C=O) groups is 1. The van der Waals surface area contributed by atoms with Gasteiger partial charge in [-0.25, -0.2) is 4.79 Å². The van der Waals surface area contributed by atoms with Crippen molar-refractivity contribution in [3.05, 3.63) is 59.7 Å². The number of hydrogen-bond donors (Lipinski definition) is 1. The number of nitrogens with zero attached hydrogens (tertiary/aromatic N) is 1. The fourth-order valence-corrected chi connectivity index (χ4v) is 2.44. The summed E-state index contributed by atoms with van der Waals surface area (Å²) >= 11 is 0. The lowest BCUT2D eigenvalue weighted by molar-refractivity contribution is 0.0697. The van der Waals surface area contributed by atoms with Gasteiger partial charge in [-0.3, -0.25) is 4.99 Å². The van der Waals surface area contributed by atoms with Crippen LogP contribution in [0.5, 0.6) is 5.75 Å². The number of carboxylic acids is 1. The van der Waals surface area contributed by atoms with E-state index in [1.54, 1.807) is 30.5 Å². The summed E-state index contributed by atoms with van der Waals surface area (Å²) in [6, 6.07) is 14.3. The zero-order chi connectivity index (χ0) is 18.1. The minimum atomic E-state index is -0.927. The number of carboxylic acid groups (broad SMARTS) is 1. The molecule has 0 aliphatic carbocycles. The maximum atomic E-state index is 10.8. The summed E-state index contributed by atoms with van der Waals surface area (Å²) in [5.74, 6) is -0.0592. The normalized spacial score (nSPS) is 12.2. The number of ether oxygens (including phenoxy) is 1. The molecule has 0 radical (unpaired) electrons. The van der Waals surface area contributed by atoms with E-state index in [4.69, 9.17) is 9.84 Å². The minimum absolute atomic E-state index is 0.266. The second kappa shape index (κ2) is 9.62. The molecule has 0 spiro atoms. The number of rotatable bonds is 9. The molecule has 0 amide bonds. The zero-order valence-corrected chi connectivity index (χ0v) is 14.8. The van der Waals surface area contributed by atoms with Crippen molar-refractivity contribution in [2.24, 2.45) is 4.99 Å². The number of hydrogen-bond acceptors (Lipinski definition) is 3. The fraction of sp³-hybridized carbons (Fsp3) is 0.333. The van der Waals surface area contributed by atoms with Gasteiger partial charge in [-0.1, -0.05) is 38.8 Å². The quantitative estimate of drug-likeness (QED) is 0.615. The maximum absolute atomic E-state index is 10.8. The summed E-state index contributed by atoms with van der Waals surface area (Å²) in [4.78, 5) is 15.2. The highest BCUT2D eigenvalue weighted by Crippen LogP contribution is 2.21. The zero-order valence-electron chi connectivity index (χ0n) is 14.8. The number of aromatic carboxylic acids is 1. The molecule has 0 aliphatic rings. The molecule has 1 atom stereocenters. The molecule has 2 aromatic rings. The van der Waals surface area contributed by atoms with E-state index in [-0.39, 0.29) is 11.7 Å². The van der Waals surface area contributed by atoms with E-state index in [9.17, 15) is 4.79 Å². The number of aliphatic imine (C=N–C) groups is 1. The van der Waals surface area contributed by atoms with Gasteiger partial charge in [0.25, 0.3) is 0 Å². The molecule has 0 heterocycles. The van der Waals surface area contributed by atoms with Crippen molar-refractivity contribution in [2.75, 3.05) is 0 Å². The van der Waals surface area contributed by atoms with Crippen molar-refractivity contribution in [3.8, 4) is 5.75 Å². The second-order valence-electron chi connectivity index (χ2n) is 5.97. The van der Waals surface area contributed by atoms with Crippen molar-refractivity contribution in [1.82, 2.24) is 0 Å². The van der Waals surface area contributed by atoms with Gasteiger partial charge in [-0.15, -0.1) is 0 Å². The molecule has 0 fully saturated rings. The van der Waals surface area contributed by atoms with Crippen molar-refractivity contribution in [1.29, 1.82) is 0 Å². The molecule has 4 nitrogen and oxygen atoms in total. The summed E-state index contributed by atoms with van der Waals surface area (Å²) in [6.07, 6.45) is 6.44. The highest BCUT2D eigenvalue weighted by atomic mass is 16.5. The Hall–Kier alpha value is -2.62. The molecular weight excluding hydrogens is 314 g/mol. The van der Waals surface area contributed by atoms with Gasteiger partial charge in [0.15, 0.2) is 0 Å². The summed E-state index contributed by atoms with van der Waals surface area (Å²) in [7, 11) is 0. The molecule has 132 valence electrons. The van der Waals surface area contributed by atoms with Gasteiger partial charge in [-0.2, -0.15) is 0 Å². The molecule has 4 heteroatoms. The van der Waals surface area contributed by atoms with Crippen LogP contribution in [0.1, 0.15) is 55.5 Å². The molecular formula is C21H25NO3. The van der Waals surface area contributed by atoms with Crippen molar-refractivity contribution < 1.29 is 14.6 Å². The molecule has 1 N–H and O–H groups in total. The van der Waals surface area contributed by atoms with Crippen LogP contribution in [-0.4, -0.2) is 23.4 Å². The van der Waals surface area contributed by atoms with Crippen LogP contribution in [0.25, 0.3) is 0 Å². The highest BCUT2D eigenvalue weighted by Gasteiger charge is 2.07. The summed E-state index contributed by atoms with van der Waals surface area (Å²) in [5, 5.41) is 8.89. The predicted molar refractivity (Wildman–Crippen MR) is 101 cm³/mol. The van der Waals surface area contributed by atoms with Gasteiger partial charge in [0, 0.05) is 6.21 Å². The minimum Gasteiger partial charge on any atom is -0.490 e. The fourth-order valence-electron chi connectivity index (χ4n) is 2.44. The lowest BCUT2D eigenvalue weighted by Crippen LogP contribution is -2.14. The highest BCUT2D eigenvalue weighted by molar-refractivity contribution is 5.89. The Morgan fingerprint density at radius 1 is 1.12 bits per heavy atom. The Labute approximate surface area is 149 Å². The van der Waals surface area contributed by atoms with E-state index in [1.165, 1.54) is 12.8 Å². The molecule has 2 rings (SSSR count). The summed E-state index contributed by atoms with van der Waals surface area (Å²) < 4.78 is 6.01. The average Bonchev–Trinajstić information content (AvgIpc) is 2.64. The van der Waals surface area contributed by atoms with Crippen LogP contribution in [0.2, 0.25) is 0 Å². The van der Waals surface area contributed by atoms with Crippen molar-refractivity contribution in [2.45, 2.75) is 45.6 Å². The number of unbranched alkanes of at least 4 members (excludes halogenated alkanes) is 1. The van der Waals surface area contributed by atoms with Crippen LogP contribution < -0.4 is 4.74 Å². The van der Waals surface area contributed by atoms with Crippen LogP contribution in [-0.2, 0) is 0 Å². The van der Waals surface area contributed by atoms with Crippen molar-refractivity contribution >= 4 is 17.9 Å². The largest absolute Gasteiger partial charge is 0.490 e. The average molecular weight is 339 g/mol. The first-order valence-electron chi connectivity index (χ1n) is 8.76. The van der Waals surface area contributed by atoms with Crippen LogP contribution in [0, 0.1) is 0 Å². The van der Waals surface area contributed by atoms with E-state index in [0.717, 1.165) is 29.8 Å². The molecule has 0 bridgehead atoms. The van der Waals surface area contributed by atoms with Gasteiger partial charge < -0.3 is 9.84 Å². The first-order chi connectivity index (χ1) is 12.1. The lowest BCUT2D eigenvalue weighted by atomic mass is 10.1. The van der Waals surface area contributed by atoms with Crippen LogP contribution in [0.15, 0.2) is 53.5 Å². The summed E-state index contributed by atoms with van der Waals surface area (Å²) in [5.41, 5.74) is 1.96. The van der Waals surface area contributed by atoms with Gasteiger partial charge in [0.2, 0.25) is 0 Å². The van der Waals surface area contributed by atoms with E-state index >= 15 is 0 Å². The van der Waals surface area contributed by atoms with Gasteiger partial charge >= 0.3 is 5.97 Å². The molecule has 0 aliphatic heterocycles. The Kier molecular flexibility index (Phi) is 7.20. The van der Waals surface area contributed by atoms with Gasteiger partial charge in [0.05, 0.1) is 17.4 Å². The first-order valence-corrected chi connectivity index (χ1v) is 8.76. The first kappa shape index (κ1) is 18.7. The Morgan fingerprint density at radius 2 is 1.80 bits per heavy atom. The molecule has 0 saturated heterocycles. The molecule has 25 heavy (non-hydrogen) atoms. The molecule has 0 saturated carbocycles. The van der Waals surface area contributed by atoms with E-state index in [1.807, 2.05) is 24.3 Å². The van der Waals surface area contributed by atoms with Gasteiger partial charge in [-0.05, 0) is 54.8 Å². The summed E-state index contributed by atoms with van der Waals surface area (Å²) in [6.45, 7) is 4.34. The van der Waals surface area contributed by atoms with E-state index < -0.39 is 5.97 Å². The van der Waals surface area contributed by atoms with Gasteiger partial charge in [0.1, 0.15) is 5.75 Å². The number of benzene rings is 2.